The molecule has 19 heavy (non-hydrogen) atoms. The zero-order valence-electron chi connectivity index (χ0n) is 10.5. The van der Waals surface area contributed by atoms with Crippen molar-refractivity contribution in [2.45, 2.75) is 25.4 Å². The first-order valence-electron chi connectivity index (χ1n) is 6.49. The third-order valence-corrected chi connectivity index (χ3v) is 3.66. The van der Waals surface area contributed by atoms with Gasteiger partial charge in [0.1, 0.15) is 11.6 Å². The Morgan fingerprint density at radius 3 is 2.79 bits per heavy atom. The van der Waals surface area contributed by atoms with Gasteiger partial charge in [-0.1, -0.05) is 24.3 Å². The summed E-state index contributed by atoms with van der Waals surface area (Å²) in [6, 6.07) is 11.9. The summed E-state index contributed by atoms with van der Waals surface area (Å²) in [6.45, 7) is 0.596. The van der Waals surface area contributed by atoms with Crippen molar-refractivity contribution in [3.05, 3.63) is 70.8 Å². The first-order chi connectivity index (χ1) is 9.24. The predicted octanol–water partition coefficient (Wildman–Crippen LogP) is 3.74. The minimum atomic E-state index is -0.225. The summed E-state index contributed by atoms with van der Waals surface area (Å²) < 4.78 is 26.7. The molecule has 98 valence electrons. The molecule has 0 radical (unpaired) electrons. The monoisotopic (exact) mass is 259 g/mol. The van der Waals surface area contributed by atoms with Crippen LogP contribution in [0.2, 0.25) is 0 Å². The van der Waals surface area contributed by atoms with Crippen LogP contribution in [0, 0.1) is 11.6 Å². The lowest BCUT2D eigenvalue weighted by molar-refractivity contribution is 0.528. The van der Waals surface area contributed by atoms with Crippen LogP contribution in [-0.2, 0) is 13.0 Å². The molecule has 0 amide bonds. The smallest absolute Gasteiger partial charge is 0.126 e. The predicted molar refractivity (Wildman–Crippen MR) is 70.7 cm³/mol. The minimum Gasteiger partial charge on any atom is -0.306 e. The molecule has 0 saturated heterocycles. The number of hydrogen-bond donors (Lipinski definition) is 1. The van der Waals surface area contributed by atoms with Crippen molar-refractivity contribution in [3.8, 4) is 0 Å². The highest BCUT2D eigenvalue weighted by Gasteiger charge is 2.24. The number of rotatable bonds is 3. The van der Waals surface area contributed by atoms with Crippen molar-refractivity contribution in [2.75, 3.05) is 0 Å². The standard InChI is InChI=1S/C16H15F2N/c17-12-4-1-3-11(9-12)10-19-16-8-7-13-14(16)5-2-6-15(13)18/h1-6,9,16,19H,7-8,10H2. The van der Waals surface area contributed by atoms with Gasteiger partial charge in [-0.25, -0.2) is 8.78 Å². The normalized spacial score (nSPS) is 17.5. The van der Waals surface area contributed by atoms with E-state index < -0.39 is 0 Å². The van der Waals surface area contributed by atoms with Crippen LogP contribution in [0.25, 0.3) is 0 Å². The molecule has 0 fully saturated rings. The van der Waals surface area contributed by atoms with E-state index in [-0.39, 0.29) is 17.7 Å². The van der Waals surface area contributed by atoms with E-state index in [9.17, 15) is 8.78 Å². The molecule has 0 aliphatic heterocycles. The maximum Gasteiger partial charge on any atom is 0.126 e. The van der Waals surface area contributed by atoms with Crippen LogP contribution in [0.4, 0.5) is 8.78 Å². The van der Waals surface area contributed by atoms with E-state index in [1.165, 1.54) is 18.2 Å². The first-order valence-corrected chi connectivity index (χ1v) is 6.49. The summed E-state index contributed by atoms with van der Waals surface area (Å²) >= 11 is 0. The Morgan fingerprint density at radius 1 is 1.11 bits per heavy atom. The summed E-state index contributed by atoms with van der Waals surface area (Å²) in [5.74, 6) is -0.343. The van der Waals surface area contributed by atoms with Gasteiger partial charge in [0.05, 0.1) is 0 Å². The van der Waals surface area contributed by atoms with Crippen molar-refractivity contribution >= 4 is 0 Å². The van der Waals surface area contributed by atoms with Crippen molar-refractivity contribution in [3.63, 3.8) is 0 Å². The van der Waals surface area contributed by atoms with Crippen LogP contribution in [0.1, 0.15) is 29.2 Å². The Kier molecular flexibility index (Phi) is 3.30. The van der Waals surface area contributed by atoms with Gasteiger partial charge in [-0.15, -0.1) is 0 Å². The number of nitrogens with one attached hydrogen (secondary N) is 1. The number of benzene rings is 2. The second-order valence-electron chi connectivity index (χ2n) is 4.91. The van der Waals surface area contributed by atoms with Gasteiger partial charge in [0, 0.05) is 12.6 Å². The van der Waals surface area contributed by atoms with Crippen molar-refractivity contribution in [1.82, 2.24) is 5.32 Å². The maximum atomic E-state index is 13.6. The van der Waals surface area contributed by atoms with E-state index in [0.717, 1.165) is 29.5 Å². The van der Waals surface area contributed by atoms with E-state index in [1.54, 1.807) is 12.1 Å². The largest absolute Gasteiger partial charge is 0.306 e. The average Bonchev–Trinajstić information content (AvgIpc) is 2.81. The second kappa shape index (κ2) is 5.10. The van der Waals surface area contributed by atoms with E-state index in [0.29, 0.717) is 6.54 Å². The molecule has 0 heterocycles. The fourth-order valence-corrected chi connectivity index (χ4v) is 2.71. The molecule has 1 aliphatic carbocycles. The molecule has 1 atom stereocenters. The van der Waals surface area contributed by atoms with Crippen molar-refractivity contribution in [2.24, 2.45) is 0 Å². The van der Waals surface area contributed by atoms with Crippen molar-refractivity contribution in [1.29, 1.82) is 0 Å². The maximum absolute atomic E-state index is 13.6. The Hall–Kier alpha value is -1.74. The van der Waals surface area contributed by atoms with Gasteiger partial charge in [-0.05, 0) is 47.7 Å². The van der Waals surface area contributed by atoms with Crippen molar-refractivity contribution < 1.29 is 8.78 Å². The summed E-state index contributed by atoms with van der Waals surface area (Å²) in [7, 11) is 0. The summed E-state index contributed by atoms with van der Waals surface area (Å²) in [5.41, 5.74) is 2.76. The van der Waals surface area contributed by atoms with Crippen LogP contribution >= 0.6 is 0 Å². The zero-order chi connectivity index (χ0) is 13.2. The van der Waals surface area contributed by atoms with Gasteiger partial charge in [0.2, 0.25) is 0 Å². The molecule has 3 heteroatoms. The molecule has 2 aromatic carbocycles. The van der Waals surface area contributed by atoms with Gasteiger partial charge in [-0.3, -0.25) is 0 Å². The minimum absolute atomic E-state index is 0.118. The second-order valence-corrected chi connectivity index (χ2v) is 4.91. The van der Waals surface area contributed by atoms with E-state index in [4.69, 9.17) is 0 Å². The number of fused-ring (bicyclic) bond motifs is 1. The van der Waals surface area contributed by atoms with Gasteiger partial charge in [-0.2, -0.15) is 0 Å². The number of halogens is 2. The molecule has 1 unspecified atom stereocenters. The van der Waals surface area contributed by atoms with E-state index in [1.807, 2.05) is 12.1 Å². The molecule has 0 saturated carbocycles. The average molecular weight is 259 g/mol. The lowest BCUT2D eigenvalue weighted by atomic mass is 10.1. The molecule has 3 rings (SSSR count). The molecule has 2 aromatic rings. The highest BCUT2D eigenvalue weighted by molar-refractivity contribution is 5.35. The SMILES string of the molecule is Fc1cccc(CNC2CCc3c(F)cccc32)c1. The van der Waals surface area contributed by atoms with Crippen LogP contribution in [0.15, 0.2) is 42.5 Å². The molecule has 1 N–H and O–H groups in total. The molecular weight excluding hydrogens is 244 g/mol. The number of hydrogen-bond acceptors (Lipinski definition) is 1. The zero-order valence-corrected chi connectivity index (χ0v) is 10.5. The van der Waals surface area contributed by atoms with Gasteiger partial charge >= 0.3 is 0 Å². The van der Waals surface area contributed by atoms with Crippen LogP contribution in [-0.4, -0.2) is 0 Å². The third kappa shape index (κ3) is 2.51. The molecule has 0 spiro atoms. The molecule has 1 nitrogen and oxygen atoms in total. The summed E-state index contributed by atoms with van der Waals surface area (Å²) in [4.78, 5) is 0. The van der Waals surface area contributed by atoms with Crippen LogP contribution < -0.4 is 5.32 Å². The molecule has 0 bridgehead atoms. The molecule has 0 aromatic heterocycles. The molecular formula is C16H15F2N. The van der Waals surface area contributed by atoms with E-state index in [2.05, 4.69) is 5.32 Å². The lowest BCUT2D eigenvalue weighted by Gasteiger charge is -2.14. The lowest BCUT2D eigenvalue weighted by Crippen LogP contribution is -2.18. The van der Waals surface area contributed by atoms with Gasteiger partial charge < -0.3 is 5.32 Å². The first kappa shape index (κ1) is 12.3. The Labute approximate surface area is 111 Å². The van der Waals surface area contributed by atoms with Crippen LogP contribution in [0.5, 0.6) is 0 Å². The Balaban J connectivity index is 1.72. The van der Waals surface area contributed by atoms with Gasteiger partial charge in [0.25, 0.3) is 0 Å². The Morgan fingerprint density at radius 2 is 1.95 bits per heavy atom. The quantitative estimate of drug-likeness (QED) is 0.885. The van der Waals surface area contributed by atoms with Crippen LogP contribution in [0.3, 0.4) is 0 Å². The Bertz CT molecular complexity index is 595. The molecule has 1 aliphatic rings. The van der Waals surface area contributed by atoms with E-state index >= 15 is 0 Å². The topological polar surface area (TPSA) is 12.0 Å². The summed E-state index contributed by atoms with van der Waals surface area (Å²) in [5, 5.41) is 3.38. The highest BCUT2D eigenvalue weighted by atomic mass is 19.1. The fraction of sp³-hybridized carbons (Fsp3) is 0.250. The third-order valence-electron chi connectivity index (χ3n) is 3.66. The van der Waals surface area contributed by atoms with Gasteiger partial charge in [0.15, 0.2) is 0 Å². The fourth-order valence-electron chi connectivity index (χ4n) is 2.71. The highest BCUT2D eigenvalue weighted by Crippen LogP contribution is 2.32. The summed E-state index contributed by atoms with van der Waals surface area (Å²) in [6.07, 6.45) is 1.66.